The molecule has 0 unspecified atom stereocenters. The average molecular weight is 681 g/mol. The van der Waals surface area contributed by atoms with Gasteiger partial charge >= 0.3 is 0 Å². The molecule has 0 fully saturated rings. The molecular weight excluding hydrogens is 654 g/mol. The van der Waals surface area contributed by atoms with E-state index in [1.54, 1.807) is 0 Å². The van der Waals surface area contributed by atoms with E-state index in [0.717, 1.165) is 59.9 Å². The molecule has 0 radical (unpaired) electrons. The van der Waals surface area contributed by atoms with E-state index >= 15 is 0 Å². The van der Waals surface area contributed by atoms with Crippen molar-refractivity contribution in [2.75, 3.05) is 0 Å². The van der Waals surface area contributed by atoms with Gasteiger partial charge < -0.3 is 4.57 Å². The second kappa shape index (κ2) is 11.7. The highest BCUT2D eigenvalue weighted by Gasteiger charge is 2.17. The normalized spacial score (nSPS) is 11.4. The molecule has 9 rings (SSSR count). The lowest BCUT2D eigenvalue weighted by molar-refractivity contribution is 1.07. The van der Waals surface area contributed by atoms with Crippen molar-refractivity contribution in [2.24, 2.45) is 0 Å². The molecule has 0 N–H and O–H groups in total. The number of nitrogens with zero attached hydrogens (tertiary/aromatic N) is 5. The van der Waals surface area contributed by atoms with Crippen LogP contribution in [-0.2, 0) is 0 Å². The van der Waals surface area contributed by atoms with E-state index in [4.69, 9.17) is 15.0 Å². The Morgan fingerprint density at radius 3 is 1.75 bits per heavy atom. The minimum absolute atomic E-state index is 0.594. The molecule has 3 heterocycles. The van der Waals surface area contributed by atoms with Gasteiger partial charge in [0.1, 0.15) is 0 Å². The first-order valence-electron chi connectivity index (χ1n) is 15.7. The maximum Gasteiger partial charge on any atom is 0.164 e. The van der Waals surface area contributed by atoms with Crippen molar-refractivity contribution in [3.05, 3.63) is 162 Å². The molecule has 6 aromatic carbocycles. The molecular formula is C42H26BrN5. The number of benzene rings is 6. The maximum atomic E-state index is 5.09. The van der Waals surface area contributed by atoms with E-state index in [2.05, 4.69) is 153 Å². The van der Waals surface area contributed by atoms with Gasteiger partial charge in [-0.25, -0.2) is 15.0 Å². The predicted octanol–water partition coefficient (Wildman–Crippen LogP) is 10.9. The Bertz CT molecular complexity index is 2570. The summed E-state index contributed by atoms with van der Waals surface area (Å²) in [6, 6.07) is 52.4. The van der Waals surface area contributed by atoms with Gasteiger partial charge in [0.25, 0.3) is 0 Å². The van der Waals surface area contributed by atoms with Crippen molar-refractivity contribution in [2.45, 2.75) is 0 Å². The third kappa shape index (κ3) is 5.03. The van der Waals surface area contributed by atoms with Gasteiger partial charge in [-0.15, -0.1) is 0 Å². The second-order valence-electron chi connectivity index (χ2n) is 11.7. The minimum atomic E-state index is 0.594. The van der Waals surface area contributed by atoms with Gasteiger partial charge in [-0.05, 0) is 65.7 Å². The van der Waals surface area contributed by atoms with Gasteiger partial charge in [0, 0.05) is 49.2 Å². The maximum absolute atomic E-state index is 5.09. The van der Waals surface area contributed by atoms with Crippen LogP contribution < -0.4 is 0 Å². The Balaban J connectivity index is 1.23. The smallest absolute Gasteiger partial charge is 0.164 e. The summed E-state index contributed by atoms with van der Waals surface area (Å²) in [4.78, 5) is 19.7. The Labute approximate surface area is 285 Å². The number of fused-ring (bicyclic) bond motifs is 4. The molecule has 9 aromatic rings. The summed E-state index contributed by atoms with van der Waals surface area (Å²) in [6.07, 6.45) is 1.81. The van der Waals surface area contributed by atoms with Gasteiger partial charge in [0.15, 0.2) is 17.5 Å². The van der Waals surface area contributed by atoms with Crippen LogP contribution in [0.5, 0.6) is 0 Å². The molecule has 0 aliphatic carbocycles. The third-order valence-corrected chi connectivity index (χ3v) is 9.18. The van der Waals surface area contributed by atoms with Crippen LogP contribution in [0.1, 0.15) is 0 Å². The molecule has 0 bridgehead atoms. The lowest BCUT2D eigenvalue weighted by atomic mass is 10.0. The highest BCUT2D eigenvalue weighted by atomic mass is 79.9. The Morgan fingerprint density at radius 2 is 1.02 bits per heavy atom. The molecule has 48 heavy (non-hydrogen) atoms. The van der Waals surface area contributed by atoms with Crippen LogP contribution in [0.15, 0.2) is 162 Å². The number of aromatic nitrogens is 5. The molecule has 0 atom stereocenters. The fourth-order valence-electron chi connectivity index (χ4n) is 6.45. The molecule has 0 aliphatic heterocycles. The summed E-state index contributed by atoms with van der Waals surface area (Å²) in [5, 5.41) is 3.45. The Kier molecular flexibility index (Phi) is 6.87. The van der Waals surface area contributed by atoms with Gasteiger partial charge in [-0.2, -0.15) is 0 Å². The number of para-hydroxylation sites is 2. The molecule has 226 valence electrons. The van der Waals surface area contributed by atoms with Gasteiger partial charge in [0.05, 0.1) is 16.6 Å². The molecule has 0 aliphatic rings. The molecule has 6 heteroatoms. The summed E-state index contributed by atoms with van der Waals surface area (Å²) in [5.74, 6) is 1.81. The summed E-state index contributed by atoms with van der Waals surface area (Å²) < 4.78 is 3.24. The van der Waals surface area contributed by atoms with Crippen molar-refractivity contribution in [1.82, 2.24) is 24.5 Å². The predicted molar refractivity (Wildman–Crippen MR) is 199 cm³/mol. The van der Waals surface area contributed by atoms with E-state index in [0.29, 0.717) is 17.5 Å². The van der Waals surface area contributed by atoms with Crippen molar-refractivity contribution < 1.29 is 0 Å². The third-order valence-electron chi connectivity index (χ3n) is 8.73. The fraction of sp³-hybridized carbons (Fsp3) is 0. The molecule has 0 saturated heterocycles. The van der Waals surface area contributed by atoms with E-state index in [1.165, 1.54) is 10.8 Å². The monoisotopic (exact) mass is 679 g/mol. The van der Waals surface area contributed by atoms with Crippen molar-refractivity contribution in [3.8, 4) is 51.0 Å². The zero-order valence-electron chi connectivity index (χ0n) is 25.6. The first-order valence-corrected chi connectivity index (χ1v) is 16.5. The van der Waals surface area contributed by atoms with Crippen molar-refractivity contribution in [3.63, 3.8) is 0 Å². The molecule has 0 saturated carbocycles. The average Bonchev–Trinajstić information content (AvgIpc) is 3.49. The quantitative estimate of drug-likeness (QED) is 0.182. The lowest BCUT2D eigenvalue weighted by Gasteiger charge is -2.13. The number of hydrogen-bond acceptors (Lipinski definition) is 4. The highest BCUT2D eigenvalue weighted by molar-refractivity contribution is 9.10. The molecule has 3 aromatic heterocycles. The van der Waals surface area contributed by atoms with Gasteiger partial charge in [-0.1, -0.05) is 113 Å². The van der Waals surface area contributed by atoms with E-state index in [9.17, 15) is 0 Å². The van der Waals surface area contributed by atoms with Crippen LogP contribution in [0.25, 0.3) is 83.7 Å². The molecule has 5 nitrogen and oxygen atoms in total. The fourth-order valence-corrected chi connectivity index (χ4v) is 6.93. The van der Waals surface area contributed by atoms with E-state index in [1.807, 2.05) is 30.5 Å². The summed E-state index contributed by atoms with van der Waals surface area (Å²) in [7, 11) is 0. The van der Waals surface area contributed by atoms with Crippen LogP contribution in [0.3, 0.4) is 0 Å². The summed E-state index contributed by atoms with van der Waals surface area (Å²) >= 11 is 3.82. The topological polar surface area (TPSA) is 56.5 Å². The second-order valence-corrected chi connectivity index (χ2v) is 12.6. The number of hydrogen-bond donors (Lipinski definition) is 0. The zero-order valence-corrected chi connectivity index (χ0v) is 27.2. The standard InChI is InChI=1S/C42H26BrN5/c43-33-24-32(25-34(26-33)48-38-14-6-4-12-35(38)36-13-5-7-15-39(36)48)42-46-40(29-18-16-28(17-19-29)27-9-2-1-3-10-27)45-41(47-42)31-20-21-37-30(23-31)11-8-22-44-37/h1-26H. The molecule has 0 amide bonds. The highest BCUT2D eigenvalue weighted by Crippen LogP contribution is 2.35. The first kappa shape index (κ1) is 28.3. The Hall–Kier alpha value is -5.98. The van der Waals surface area contributed by atoms with Crippen molar-refractivity contribution in [1.29, 1.82) is 0 Å². The number of halogens is 1. The first-order chi connectivity index (χ1) is 23.7. The van der Waals surface area contributed by atoms with Crippen LogP contribution in [-0.4, -0.2) is 24.5 Å². The Morgan fingerprint density at radius 1 is 0.438 bits per heavy atom. The zero-order chi connectivity index (χ0) is 32.0. The van der Waals surface area contributed by atoms with Crippen LogP contribution in [0.2, 0.25) is 0 Å². The minimum Gasteiger partial charge on any atom is -0.309 e. The molecule has 0 spiro atoms. The van der Waals surface area contributed by atoms with Crippen LogP contribution >= 0.6 is 15.9 Å². The summed E-state index contributed by atoms with van der Waals surface area (Å²) in [5.41, 5.74) is 9.23. The van der Waals surface area contributed by atoms with Crippen LogP contribution in [0.4, 0.5) is 0 Å². The number of pyridine rings is 1. The van der Waals surface area contributed by atoms with E-state index < -0.39 is 0 Å². The summed E-state index contributed by atoms with van der Waals surface area (Å²) in [6.45, 7) is 0. The van der Waals surface area contributed by atoms with Gasteiger partial charge in [0.2, 0.25) is 0 Å². The largest absolute Gasteiger partial charge is 0.309 e. The van der Waals surface area contributed by atoms with Crippen LogP contribution in [0, 0.1) is 0 Å². The van der Waals surface area contributed by atoms with Gasteiger partial charge in [-0.3, -0.25) is 4.98 Å². The van der Waals surface area contributed by atoms with E-state index in [-0.39, 0.29) is 0 Å². The van der Waals surface area contributed by atoms with Crippen molar-refractivity contribution >= 4 is 48.6 Å². The lowest BCUT2D eigenvalue weighted by Crippen LogP contribution is -2.01. The SMILES string of the molecule is Brc1cc(-c2nc(-c3ccc(-c4ccccc4)cc3)nc(-c3ccc4ncccc4c3)n2)cc(-n2c3ccccc3c3ccccc32)c1. The number of rotatable bonds is 5.